The molecule has 1 saturated carbocycles. The molecule has 0 radical (unpaired) electrons. The molecule has 1 aliphatic heterocycles. The smallest absolute Gasteiger partial charge is 0.0728 e. The van der Waals surface area contributed by atoms with Crippen LogP contribution in [0, 0.1) is 11.3 Å². The lowest BCUT2D eigenvalue weighted by atomic mass is 9.64. The molecular weight excluding hydrogens is 415 g/mol. The summed E-state index contributed by atoms with van der Waals surface area (Å²) in [6, 6.07) is 8.15. The van der Waals surface area contributed by atoms with Crippen molar-refractivity contribution in [3.63, 3.8) is 0 Å². The molecule has 6 heteroatoms. The van der Waals surface area contributed by atoms with Crippen LogP contribution in [0.4, 0.5) is 0 Å². The van der Waals surface area contributed by atoms with Gasteiger partial charge in [-0.05, 0) is 54.7 Å². The maximum atomic E-state index is 11.7. The summed E-state index contributed by atoms with van der Waals surface area (Å²) in [6.07, 6.45) is 3.99. The molecule has 2 fully saturated rings. The van der Waals surface area contributed by atoms with Crippen LogP contribution in [-0.4, -0.2) is 48.3 Å². The minimum absolute atomic E-state index is 0. The van der Waals surface area contributed by atoms with Gasteiger partial charge in [-0.15, -0.1) is 24.8 Å². The molecule has 3 rings (SSSR count). The Balaban J connectivity index is 0.00000196. The second kappa shape index (κ2) is 10.8. The van der Waals surface area contributed by atoms with Gasteiger partial charge in [0.05, 0.1) is 5.60 Å². The Kier molecular flexibility index (Phi) is 10.1. The summed E-state index contributed by atoms with van der Waals surface area (Å²) in [6.45, 7) is 12.1. The Hall–Kier alpha value is -0.0300. The molecule has 1 aliphatic carbocycles. The van der Waals surface area contributed by atoms with Crippen LogP contribution in [0.2, 0.25) is 5.02 Å². The lowest BCUT2D eigenvalue weighted by Gasteiger charge is -2.46. The van der Waals surface area contributed by atoms with E-state index < -0.39 is 5.60 Å². The van der Waals surface area contributed by atoms with Crippen molar-refractivity contribution in [2.75, 3.05) is 32.7 Å². The van der Waals surface area contributed by atoms with Crippen LogP contribution in [-0.2, 0) is 0 Å². The standard InChI is InChI=1S/C22H35ClN2O.2ClH/c1-21(2,3)18-7-9-22(26,10-8-18)20(16-25-13-11-24-12-14-25)17-5-4-6-19(23)15-17;;/h4-6,15,18,20,24,26H,7-14,16H2,1-3H3;2*1H. The van der Waals surface area contributed by atoms with Crippen molar-refractivity contribution in [1.82, 2.24) is 10.2 Å². The van der Waals surface area contributed by atoms with E-state index in [9.17, 15) is 5.11 Å². The molecule has 0 spiro atoms. The van der Waals surface area contributed by atoms with Crippen molar-refractivity contribution in [3.05, 3.63) is 34.9 Å². The summed E-state index contributed by atoms with van der Waals surface area (Å²) in [5.74, 6) is 0.821. The van der Waals surface area contributed by atoms with Crippen LogP contribution in [0.25, 0.3) is 0 Å². The Labute approximate surface area is 188 Å². The largest absolute Gasteiger partial charge is 0.389 e. The highest BCUT2D eigenvalue weighted by Gasteiger charge is 2.43. The Morgan fingerprint density at radius 3 is 2.32 bits per heavy atom. The van der Waals surface area contributed by atoms with E-state index in [2.05, 4.69) is 43.1 Å². The number of hydrogen-bond donors (Lipinski definition) is 2. The van der Waals surface area contributed by atoms with E-state index in [4.69, 9.17) is 11.6 Å². The number of benzene rings is 1. The number of nitrogens with zero attached hydrogens (tertiary/aromatic N) is 1. The van der Waals surface area contributed by atoms with Gasteiger partial charge >= 0.3 is 0 Å². The Morgan fingerprint density at radius 1 is 1.18 bits per heavy atom. The SMILES string of the molecule is CC(C)(C)C1CCC(O)(C(CN2CCNCC2)c2cccc(Cl)c2)CC1.Cl.Cl. The summed E-state index contributed by atoms with van der Waals surface area (Å²) in [5.41, 5.74) is 0.885. The van der Waals surface area contributed by atoms with Gasteiger partial charge in [-0.3, -0.25) is 0 Å². The van der Waals surface area contributed by atoms with Gasteiger partial charge in [0, 0.05) is 43.7 Å². The lowest BCUT2D eigenvalue weighted by Crippen LogP contribution is -2.50. The van der Waals surface area contributed by atoms with E-state index in [1.165, 1.54) is 5.56 Å². The fraction of sp³-hybridized carbons (Fsp3) is 0.727. The number of rotatable bonds is 4. The van der Waals surface area contributed by atoms with Crippen molar-refractivity contribution >= 4 is 36.4 Å². The fourth-order valence-corrected chi connectivity index (χ4v) is 4.99. The number of halogens is 3. The molecule has 1 atom stereocenters. The zero-order chi connectivity index (χ0) is 18.8. The third-order valence-corrected chi connectivity index (χ3v) is 6.86. The average Bonchev–Trinajstić information content (AvgIpc) is 2.60. The van der Waals surface area contributed by atoms with E-state index in [1.807, 2.05) is 12.1 Å². The van der Waals surface area contributed by atoms with Gasteiger partial charge in [-0.1, -0.05) is 44.5 Å². The molecule has 28 heavy (non-hydrogen) atoms. The lowest BCUT2D eigenvalue weighted by molar-refractivity contribution is -0.0538. The highest BCUT2D eigenvalue weighted by molar-refractivity contribution is 6.30. The summed E-state index contributed by atoms with van der Waals surface area (Å²) in [7, 11) is 0. The topological polar surface area (TPSA) is 35.5 Å². The van der Waals surface area contributed by atoms with Crippen LogP contribution in [0.15, 0.2) is 24.3 Å². The number of piperazine rings is 1. The van der Waals surface area contributed by atoms with Gasteiger partial charge < -0.3 is 15.3 Å². The van der Waals surface area contributed by atoms with Crippen LogP contribution in [0.3, 0.4) is 0 Å². The molecule has 0 bridgehead atoms. The molecule has 1 heterocycles. The molecule has 1 aromatic carbocycles. The van der Waals surface area contributed by atoms with Crippen LogP contribution in [0.5, 0.6) is 0 Å². The minimum atomic E-state index is -0.628. The first-order valence-corrected chi connectivity index (χ1v) is 10.6. The molecular formula is C22H37Cl3N2O. The second-order valence-electron chi connectivity index (χ2n) is 9.40. The molecule has 162 valence electrons. The monoisotopic (exact) mass is 450 g/mol. The van der Waals surface area contributed by atoms with Gasteiger partial charge in [-0.25, -0.2) is 0 Å². The molecule has 0 aromatic heterocycles. The van der Waals surface area contributed by atoms with Gasteiger partial charge in [0.1, 0.15) is 0 Å². The van der Waals surface area contributed by atoms with E-state index in [0.717, 1.165) is 63.4 Å². The number of nitrogens with one attached hydrogen (secondary N) is 1. The first-order chi connectivity index (χ1) is 12.3. The molecule has 2 N–H and O–H groups in total. The summed E-state index contributed by atoms with van der Waals surface area (Å²) in [4.78, 5) is 2.50. The first kappa shape index (κ1) is 26.0. The van der Waals surface area contributed by atoms with Gasteiger partial charge in [-0.2, -0.15) is 0 Å². The predicted octanol–water partition coefficient (Wildman–Crippen LogP) is 5.14. The number of hydrogen-bond acceptors (Lipinski definition) is 3. The summed E-state index contributed by atoms with van der Waals surface area (Å²) >= 11 is 6.29. The molecule has 1 saturated heterocycles. The zero-order valence-corrected chi connectivity index (χ0v) is 19.8. The second-order valence-corrected chi connectivity index (χ2v) is 9.84. The maximum absolute atomic E-state index is 11.7. The van der Waals surface area contributed by atoms with Crippen molar-refractivity contribution in [2.24, 2.45) is 11.3 Å². The molecule has 1 aromatic rings. The quantitative estimate of drug-likeness (QED) is 0.665. The van der Waals surface area contributed by atoms with Crippen molar-refractivity contribution < 1.29 is 5.11 Å². The van der Waals surface area contributed by atoms with E-state index in [0.29, 0.717) is 11.3 Å². The molecule has 0 amide bonds. The van der Waals surface area contributed by atoms with Crippen LogP contribution >= 0.6 is 36.4 Å². The van der Waals surface area contributed by atoms with Crippen molar-refractivity contribution in [1.29, 1.82) is 0 Å². The van der Waals surface area contributed by atoms with E-state index in [-0.39, 0.29) is 30.7 Å². The van der Waals surface area contributed by atoms with Gasteiger partial charge in [0.2, 0.25) is 0 Å². The van der Waals surface area contributed by atoms with Crippen molar-refractivity contribution in [3.8, 4) is 0 Å². The third-order valence-electron chi connectivity index (χ3n) is 6.63. The average molecular weight is 452 g/mol. The van der Waals surface area contributed by atoms with E-state index >= 15 is 0 Å². The van der Waals surface area contributed by atoms with Gasteiger partial charge in [0.15, 0.2) is 0 Å². The minimum Gasteiger partial charge on any atom is -0.389 e. The van der Waals surface area contributed by atoms with Gasteiger partial charge in [0.25, 0.3) is 0 Å². The Bertz CT molecular complexity index is 592. The third kappa shape index (κ3) is 6.48. The first-order valence-electron chi connectivity index (χ1n) is 10.2. The highest BCUT2D eigenvalue weighted by Crippen LogP contribution is 2.47. The zero-order valence-electron chi connectivity index (χ0n) is 17.4. The highest BCUT2D eigenvalue weighted by atomic mass is 35.5. The summed E-state index contributed by atoms with van der Waals surface area (Å²) < 4.78 is 0. The maximum Gasteiger partial charge on any atom is 0.0728 e. The van der Waals surface area contributed by atoms with Crippen LogP contribution < -0.4 is 5.32 Å². The van der Waals surface area contributed by atoms with Crippen molar-refractivity contribution in [2.45, 2.75) is 58.0 Å². The Morgan fingerprint density at radius 2 is 1.79 bits per heavy atom. The van der Waals surface area contributed by atoms with E-state index in [1.54, 1.807) is 0 Å². The molecule has 2 aliphatic rings. The molecule has 3 nitrogen and oxygen atoms in total. The predicted molar refractivity (Wildman–Crippen MR) is 124 cm³/mol. The number of aliphatic hydroxyl groups is 1. The van der Waals surface area contributed by atoms with Crippen LogP contribution in [0.1, 0.15) is 57.9 Å². The molecule has 1 unspecified atom stereocenters. The fourth-order valence-electron chi connectivity index (χ4n) is 4.79. The summed E-state index contributed by atoms with van der Waals surface area (Å²) in [5, 5.41) is 15.9. The normalized spacial score (nSPS) is 27.4.